The quantitative estimate of drug-likeness (QED) is 0.944. The molecule has 0 spiro atoms. The zero-order valence-corrected chi connectivity index (χ0v) is 11.9. The van der Waals surface area contributed by atoms with Crippen LogP contribution >= 0.6 is 0 Å². The molecule has 0 unspecified atom stereocenters. The van der Waals surface area contributed by atoms with Crippen LogP contribution in [-0.4, -0.2) is 20.1 Å². The number of anilines is 1. The molecule has 0 saturated carbocycles. The molecule has 0 aliphatic carbocycles. The summed E-state index contributed by atoms with van der Waals surface area (Å²) < 4.78 is 52.8. The second kappa shape index (κ2) is 5.69. The van der Waals surface area contributed by atoms with Crippen molar-refractivity contribution in [3.05, 3.63) is 54.1 Å². The lowest BCUT2D eigenvalue weighted by Crippen LogP contribution is -2.31. The number of hydrogen-bond donors (Lipinski definition) is 1. The Morgan fingerprint density at radius 1 is 1.14 bits per heavy atom. The molecule has 1 N–H and O–H groups in total. The number of nitrogens with zero attached hydrogens (tertiary/aromatic N) is 1. The van der Waals surface area contributed by atoms with Crippen LogP contribution in [0.3, 0.4) is 0 Å². The minimum Gasteiger partial charge on any atom is -0.508 e. The number of rotatable bonds is 4. The maximum Gasteiger partial charge on any atom is 0.267 e. The molecule has 21 heavy (non-hydrogen) atoms. The van der Waals surface area contributed by atoms with Gasteiger partial charge in [0.25, 0.3) is 10.0 Å². The molecule has 0 bridgehead atoms. The molecule has 0 amide bonds. The summed E-state index contributed by atoms with van der Waals surface area (Å²) in [4.78, 5) is -0.743. The lowest BCUT2D eigenvalue weighted by atomic mass is 10.3. The highest BCUT2D eigenvalue weighted by Crippen LogP contribution is 2.27. The van der Waals surface area contributed by atoms with Crippen molar-refractivity contribution in [2.75, 3.05) is 10.8 Å². The molecule has 0 saturated heterocycles. The van der Waals surface area contributed by atoms with Crippen LogP contribution in [0.2, 0.25) is 0 Å². The Morgan fingerprint density at radius 3 is 2.48 bits per heavy atom. The molecule has 0 fully saturated rings. The first-order chi connectivity index (χ1) is 9.86. The normalized spacial score (nSPS) is 11.4. The molecular weight excluding hydrogens is 300 g/mol. The van der Waals surface area contributed by atoms with E-state index in [0.29, 0.717) is 6.07 Å². The first-order valence-corrected chi connectivity index (χ1v) is 7.57. The molecular formula is C14H13F2NO3S. The van der Waals surface area contributed by atoms with E-state index in [9.17, 15) is 22.3 Å². The third kappa shape index (κ3) is 2.97. The second-order valence-corrected chi connectivity index (χ2v) is 6.10. The number of aromatic hydroxyl groups is 1. The van der Waals surface area contributed by atoms with Gasteiger partial charge < -0.3 is 5.11 Å². The van der Waals surface area contributed by atoms with Crippen molar-refractivity contribution >= 4 is 15.7 Å². The van der Waals surface area contributed by atoms with Crippen molar-refractivity contribution in [2.24, 2.45) is 0 Å². The van der Waals surface area contributed by atoms with E-state index in [1.54, 1.807) is 6.92 Å². The molecule has 112 valence electrons. The molecule has 0 aliphatic heterocycles. The van der Waals surface area contributed by atoms with Crippen LogP contribution in [-0.2, 0) is 10.0 Å². The lowest BCUT2D eigenvalue weighted by molar-refractivity contribution is 0.475. The average Bonchev–Trinajstić information content (AvgIpc) is 2.42. The predicted molar refractivity (Wildman–Crippen MR) is 74.7 cm³/mol. The standard InChI is InChI=1S/C14H13F2NO3S/c1-2-17(11-4-3-5-12(18)9-11)21(19,20)14-8-10(15)6-7-13(14)16/h3-9,18H,2H2,1H3. The summed E-state index contributed by atoms with van der Waals surface area (Å²) in [6, 6.07) is 7.78. The largest absolute Gasteiger partial charge is 0.508 e. The van der Waals surface area contributed by atoms with Crippen molar-refractivity contribution in [1.29, 1.82) is 0 Å². The smallest absolute Gasteiger partial charge is 0.267 e. The molecule has 4 nitrogen and oxygen atoms in total. The van der Waals surface area contributed by atoms with Crippen LogP contribution in [0, 0.1) is 11.6 Å². The third-order valence-corrected chi connectivity index (χ3v) is 4.78. The predicted octanol–water partition coefficient (Wildman–Crippen LogP) is 2.89. The molecule has 2 aromatic rings. The van der Waals surface area contributed by atoms with Gasteiger partial charge in [-0.05, 0) is 37.3 Å². The van der Waals surface area contributed by atoms with Gasteiger partial charge >= 0.3 is 0 Å². The molecule has 7 heteroatoms. The van der Waals surface area contributed by atoms with Gasteiger partial charge in [0.05, 0.1) is 5.69 Å². The maximum atomic E-state index is 13.7. The van der Waals surface area contributed by atoms with Crippen molar-refractivity contribution in [2.45, 2.75) is 11.8 Å². The van der Waals surface area contributed by atoms with Crippen LogP contribution in [0.25, 0.3) is 0 Å². The number of phenols is 1. The summed E-state index contributed by atoms with van der Waals surface area (Å²) in [5.74, 6) is -2.00. The highest BCUT2D eigenvalue weighted by molar-refractivity contribution is 7.92. The Labute approximate surface area is 121 Å². The number of hydrogen-bond acceptors (Lipinski definition) is 3. The highest BCUT2D eigenvalue weighted by atomic mass is 32.2. The summed E-state index contributed by atoms with van der Waals surface area (Å²) in [6.45, 7) is 1.56. The SMILES string of the molecule is CCN(c1cccc(O)c1)S(=O)(=O)c1cc(F)ccc1F. The van der Waals surface area contributed by atoms with Crippen LogP contribution in [0.15, 0.2) is 47.4 Å². The van der Waals surface area contributed by atoms with Gasteiger partial charge in [-0.3, -0.25) is 4.31 Å². The third-order valence-electron chi connectivity index (χ3n) is 2.87. The Balaban J connectivity index is 2.57. The number of phenolic OH excluding ortho intramolecular Hbond substituents is 1. The molecule has 0 aliphatic rings. The highest BCUT2D eigenvalue weighted by Gasteiger charge is 2.27. The number of halogens is 2. The Morgan fingerprint density at radius 2 is 1.86 bits per heavy atom. The Hall–Kier alpha value is -2.15. The van der Waals surface area contributed by atoms with Crippen LogP contribution in [0.1, 0.15) is 6.92 Å². The van der Waals surface area contributed by atoms with Crippen molar-refractivity contribution in [1.82, 2.24) is 0 Å². The van der Waals surface area contributed by atoms with E-state index in [1.165, 1.54) is 24.3 Å². The Bertz CT molecular complexity index is 763. The van der Waals surface area contributed by atoms with Gasteiger partial charge in [0.1, 0.15) is 22.3 Å². The minimum absolute atomic E-state index is 0.00173. The molecule has 0 heterocycles. The van der Waals surface area contributed by atoms with Gasteiger partial charge in [-0.2, -0.15) is 0 Å². The molecule has 0 atom stereocenters. The van der Waals surface area contributed by atoms with E-state index in [0.717, 1.165) is 16.4 Å². The first-order valence-electron chi connectivity index (χ1n) is 6.13. The van der Waals surface area contributed by atoms with E-state index in [2.05, 4.69) is 0 Å². The zero-order chi connectivity index (χ0) is 15.6. The zero-order valence-electron chi connectivity index (χ0n) is 11.1. The van der Waals surface area contributed by atoms with E-state index in [1.807, 2.05) is 0 Å². The van der Waals surface area contributed by atoms with Gasteiger partial charge in [-0.25, -0.2) is 17.2 Å². The molecule has 2 rings (SSSR count). The number of sulfonamides is 1. The second-order valence-electron chi connectivity index (χ2n) is 4.26. The van der Waals surface area contributed by atoms with Crippen LogP contribution in [0.5, 0.6) is 5.75 Å². The topological polar surface area (TPSA) is 57.6 Å². The van der Waals surface area contributed by atoms with Crippen molar-refractivity contribution in [3.63, 3.8) is 0 Å². The van der Waals surface area contributed by atoms with Gasteiger partial charge in [0, 0.05) is 12.6 Å². The summed E-state index contributed by atoms with van der Waals surface area (Å²) in [7, 11) is -4.27. The fraction of sp³-hybridized carbons (Fsp3) is 0.143. The fourth-order valence-corrected chi connectivity index (χ4v) is 3.48. The Kier molecular flexibility index (Phi) is 4.13. The lowest BCUT2D eigenvalue weighted by Gasteiger charge is -2.23. The van der Waals surface area contributed by atoms with Gasteiger partial charge in [-0.15, -0.1) is 0 Å². The molecule has 0 aromatic heterocycles. The van der Waals surface area contributed by atoms with E-state index in [4.69, 9.17) is 0 Å². The maximum absolute atomic E-state index is 13.7. The van der Waals surface area contributed by atoms with Crippen LogP contribution in [0.4, 0.5) is 14.5 Å². The molecule has 2 aromatic carbocycles. The van der Waals surface area contributed by atoms with Gasteiger partial charge in [0.15, 0.2) is 0 Å². The van der Waals surface area contributed by atoms with E-state index in [-0.39, 0.29) is 18.0 Å². The molecule has 0 radical (unpaired) electrons. The summed E-state index contributed by atoms with van der Waals surface area (Å²) in [6.07, 6.45) is 0. The van der Waals surface area contributed by atoms with E-state index < -0.39 is 26.6 Å². The summed E-state index contributed by atoms with van der Waals surface area (Å²) >= 11 is 0. The number of benzene rings is 2. The van der Waals surface area contributed by atoms with Crippen molar-refractivity contribution < 1.29 is 22.3 Å². The summed E-state index contributed by atoms with van der Waals surface area (Å²) in [5, 5.41) is 9.44. The van der Waals surface area contributed by atoms with Gasteiger partial charge in [0.2, 0.25) is 0 Å². The minimum atomic E-state index is -4.27. The van der Waals surface area contributed by atoms with Crippen molar-refractivity contribution in [3.8, 4) is 5.75 Å². The monoisotopic (exact) mass is 313 g/mol. The fourth-order valence-electron chi connectivity index (χ4n) is 1.93. The van der Waals surface area contributed by atoms with Crippen LogP contribution < -0.4 is 4.31 Å². The average molecular weight is 313 g/mol. The summed E-state index contributed by atoms with van der Waals surface area (Å²) in [5.41, 5.74) is 0.168. The van der Waals surface area contributed by atoms with E-state index >= 15 is 0 Å². The van der Waals surface area contributed by atoms with Gasteiger partial charge in [-0.1, -0.05) is 6.07 Å². The first kappa shape index (κ1) is 15.2.